The zero-order chi connectivity index (χ0) is 11.5. The lowest BCUT2D eigenvalue weighted by Gasteiger charge is -2.19. The third-order valence-electron chi connectivity index (χ3n) is 3.01. The van der Waals surface area contributed by atoms with E-state index < -0.39 is 0 Å². The molecule has 0 spiro atoms. The molecule has 1 atom stereocenters. The Morgan fingerprint density at radius 2 is 2.25 bits per heavy atom. The molecular weight excluding hydrogens is 225 g/mol. The molecule has 2 rings (SSSR count). The Bertz CT molecular complexity index is 414. The Kier molecular flexibility index (Phi) is 3.62. The highest BCUT2D eigenvalue weighted by Gasteiger charge is 2.19. The number of benzene rings is 1. The van der Waals surface area contributed by atoms with Gasteiger partial charge in [0.1, 0.15) is 5.82 Å². The molecule has 0 fully saturated rings. The van der Waals surface area contributed by atoms with E-state index >= 15 is 0 Å². The van der Waals surface area contributed by atoms with E-state index in [4.69, 9.17) is 11.6 Å². The number of hydrogen-bond donors (Lipinski definition) is 1. The van der Waals surface area contributed by atoms with E-state index in [0.29, 0.717) is 5.02 Å². The predicted octanol–water partition coefficient (Wildman–Crippen LogP) is 3.85. The van der Waals surface area contributed by atoms with E-state index in [1.807, 2.05) is 7.05 Å². The number of allylic oxidation sites excluding steroid dienone is 1. The van der Waals surface area contributed by atoms with Crippen LogP contribution in [0.4, 0.5) is 4.39 Å². The molecule has 1 aromatic carbocycles. The maximum atomic E-state index is 13.0. The normalized spacial score (nSPS) is 17.3. The fourth-order valence-corrected chi connectivity index (χ4v) is 2.51. The Hall–Kier alpha value is -0.860. The van der Waals surface area contributed by atoms with Gasteiger partial charge in [0.2, 0.25) is 0 Å². The molecule has 0 aromatic heterocycles. The van der Waals surface area contributed by atoms with Crippen LogP contribution < -0.4 is 5.32 Å². The first-order valence-electron chi connectivity index (χ1n) is 5.53. The fourth-order valence-electron chi connectivity index (χ4n) is 2.23. The van der Waals surface area contributed by atoms with Crippen molar-refractivity contribution in [1.29, 1.82) is 0 Å². The van der Waals surface area contributed by atoms with E-state index in [1.54, 1.807) is 6.07 Å². The third-order valence-corrected chi connectivity index (χ3v) is 3.34. The van der Waals surface area contributed by atoms with Crippen LogP contribution in [0.15, 0.2) is 29.8 Å². The highest BCUT2D eigenvalue weighted by molar-refractivity contribution is 6.31. The first kappa shape index (κ1) is 11.6. The van der Waals surface area contributed by atoms with E-state index in [-0.39, 0.29) is 11.9 Å². The van der Waals surface area contributed by atoms with Crippen molar-refractivity contribution in [1.82, 2.24) is 5.32 Å². The molecule has 0 heterocycles. The Labute approximate surface area is 100 Å². The predicted molar refractivity (Wildman–Crippen MR) is 65.1 cm³/mol. The lowest BCUT2D eigenvalue weighted by Crippen LogP contribution is -2.18. The monoisotopic (exact) mass is 239 g/mol. The van der Waals surface area contributed by atoms with Crippen molar-refractivity contribution in [3.8, 4) is 0 Å². The van der Waals surface area contributed by atoms with Crippen molar-refractivity contribution < 1.29 is 4.39 Å². The molecule has 1 aliphatic carbocycles. The molecule has 0 saturated carbocycles. The molecule has 0 radical (unpaired) electrons. The van der Waals surface area contributed by atoms with Gasteiger partial charge in [0.25, 0.3) is 0 Å². The molecule has 1 unspecified atom stereocenters. The van der Waals surface area contributed by atoms with E-state index in [1.165, 1.54) is 24.1 Å². The molecular formula is C13H15ClFN. The Morgan fingerprint density at radius 3 is 2.81 bits per heavy atom. The summed E-state index contributed by atoms with van der Waals surface area (Å²) in [5.41, 5.74) is 2.31. The number of rotatable bonds is 3. The second-order valence-electron chi connectivity index (χ2n) is 4.06. The molecule has 0 bridgehead atoms. The third kappa shape index (κ3) is 2.28. The largest absolute Gasteiger partial charge is 0.310 e. The number of likely N-dealkylation sites (N-methyl/N-ethyl adjacent to an activating group) is 1. The van der Waals surface area contributed by atoms with Gasteiger partial charge in [-0.2, -0.15) is 0 Å². The first-order valence-corrected chi connectivity index (χ1v) is 5.91. The van der Waals surface area contributed by atoms with Gasteiger partial charge in [0.15, 0.2) is 0 Å². The minimum Gasteiger partial charge on any atom is -0.310 e. The summed E-state index contributed by atoms with van der Waals surface area (Å²) in [6.45, 7) is 0. The highest BCUT2D eigenvalue weighted by atomic mass is 35.5. The lowest BCUT2D eigenvalue weighted by atomic mass is 9.98. The second-order valence-corrected chi connectivity index (χ2v) is 4.47. The second kappa shape index (κ2) is 4.98. The maximum absolute atomic E-state index is 13.0. The zero-order valence-electron chi connectivity index (χ0n) is 9.26. The average Bonchev–Trinajstić information content (AvgIpc) is 2.75. The maximum Gasteiger partial charge on any atom is 0.124 e. The molecule has 86 valence electrons. The van der Waals surface area contributed by atoms with Crippen molar-refractivity contribution in [2.45, 2.75) is 25.3 Å². The number of hydrogen-bond acceptors (Lipinski definition) is 1. The summed E-state index contributed by atoms with van der Waals surface area (Å²) in [4.78, 5) is 0. The summed E-state index contributed by atoms with van der Waals surface area (Å²) in [7, 11) is 1.91. The Balaban J connectivity index is 2.32. The van der Waals surface area contributed by atoms with Gasteiger partial charge in [-0.1, -0.05) is 29.3 Å². The minimum absolute atomic E-state index is 0.121. The number of halogens is 2. The summed E-state index contributed by atoms with van der Waals surface area (Å²) in [5.74, 6) is -0.288. The standard InChI is InChI=1S/C13H15ClFN/c1-16-13(9-4-2-3-5-9)11-7-6-10(15)8-12(11)14/h4,6-8,13,16H,2-3,5H2,1H3. The smallest absolute Gasteiger partial charge is 0.124 e. The summed E-state index contributed by atoms with van der Waals surface area (Å²) < 4.78 is 13.0. The molecule has 1 aromatic rings. The van der Waals surface area contributed by atoms with Crippen LogP contribution in [-0.4, -0.2) is 7.05 Å². The van der Waals surface area contributed by atoms with Gasteiger partial charge in [0.05, 0.1) is 6.04 Å². The van der Waals surface area contributed by atoms with Gasteiger partial charge >= 0.3 is 0 Å². The summed E-state index contributed by atoms with van der Waals surface area (Å²) in [6, 6.07) is 4.71. The van der Waals surface area contributed by atoms with Gasteiger partial charge in [0, 0.05) is 5.02 Å². The fraction of sp³-hybridized carbons (Fsp3) is 0.385. The molecule has 16 heavy (non-hydrogen) atoms. The van der Waals surface area contributed by atoms with Crippen LogP contribution in [0.1, 0.15) is 30.9 Å². The molecule has 0 aliphatic heterocycles. The van der Waals surface area contributed by atoms with Crippen LogP contribution in [0.5, 0.6) is 0 Å². The first-order chi connectivity index (χ1) is 7.72. The van der Waals surface area contributed by atoms with E-state index in [0.717, 1.165) is 18.4 Å². The van der Waals surface area contributed by atoms with Crippen LogP contribution in [0.2, 0.25) is 5.02 Å². The molecule has 0 amide bonds. The molecule has 0 saturated heterocycles. The van der Waals surface area contributed by atoms with Crippen LogP contribution in [-0.2, 0) is 0 Å². The van der Waals surface area contributed by atoms with Crippen molar-refractivity contribution >= 4 is 11.6 Å². The zero-order valence-corrected chi connectivity index (χ0v) is 10.0. The van der Waals surface area contributed by atoms with Crippen LogP contribution >= 0.6 is 11.6 Å². The number of nitrogens with one attached hydrogen (secondary N) is 1. The molecule has 3 heteroatoms. The van der Waals surface area contributed by atoms with Crippen molar-refractivity contribution in [2.24, 2.45) is 0 Å². The van der Waals surface area contributed by atoms with E-state index in [9.17, 15) is 4.39 Å². The summed E-state index contributed by atoms with van der Waals surface area (Å²) >= 11 is 6.07. The van der Waals surface area contributed by atoms with Gasteiger partial charge in [-0.15, -0.1) is 0 Å². The summed E-state index contributed by atoms with van der Waals surface area (Å²) in [5, 5.41) is 3.74. The van der Waals surface area contributed by atoms with Gasteiger partial charge in [-0.25, -0.2) is 4.39 Å². The van der Waals surface area contributed by atoms with Gasteiger partial charge in [-0.05, 0) is 44.0 Å². The van der Waals surface area contributed by atoms with Crippen LogP contribution in [0, 0.1) is 5.82 Å². The molecule has 1 aliphatic rings. The van der Waals surface area contributed by atoms with Gasteiger partial charge < -0.3 is 5.32 Å². The lowest BCUT2D eigenvalue weighted by molar-refractivity contribution is 0.620. The average molecular weight is 240 g/mol. The quantitative estimate of drug-likeness (QED) is 0.790. The molecule has 1 nitrogen and oxygen atoms in total. The van der Waals surface area contributed by atoms with Crippen molar-refractivity contribution in [3.05, 3.63) is 46.3 Å². The highest BCUT2D eigenvalue weighted by Crippen LogP contribution is 2.34. The minimum atomic E-state index is -0.288. The summed E-state index contributed by atoms with van der Waals surface area (Å²) in [6.07, 6.45) is 5.68. The van der Waals surface area contributed by atoms with E-state index in [2.05, 4.69) is 11.4 Å². The van der Waals surface area contributed by atoms with Crippen molar-refractivity contribution in [3.63, 3.8) is 0 Å². The Morgan fingerprint density at radius 1 is 1.44 bits per heavy atom. The SMILES string of the molecule is CNC(C1=CCCC1)c1ccc(F)cc1Cl. The van der Waals surface area contributed by atoms with Gasteiger partial charge in [-0.3, -0.25) is 0 Å². The van der Waals surface area contributed by atoms with Crippen molar-refractivity contribution in [2.75, 3.05) is 7.05 Å². The molecule has 1 N–H and O–H groups in total. The van der Waals surface area contributed by atoms with Crippen LogP contribution in [0.3, 0.4) is 0 Å². The topological polar surface area (TPSA) is 12.0 Å². The van der Waals surface area contributed by atoms with Crippen LogP contribution in [0.25, 0.3) is 0 Å².